The van der Waals surface area contributed by atoms with Crippen molar-refractivity contribution in [2.45, 2.75) is 19.4 Å². The van der Waals surface area contributed by atoms with Crippen LogP contribution < -0.4 is 4.74 Å². The number of thiazole rings is 1. The minimum atomic E-state index is -4.37. The van der Waals surface area contributed by atoms with E-state index in [0.29, 0.717) is 26.9 Å². The van der Waals surface area contributed by atoms with E-state index in [1.807, 2.05) is 30.3 Å². The van der Waals surface area contributed by atoms with Crippen molar-refractivity contribution >= 4 is 11.3 Å². The molecular weight excluding hydrogens is 351 g/mol. The van der Waals surface area contributed by atoms with Gasteiger partial charge in [-0.15, -0.1) is 11.3 Å². The fourth-order valence-corrected chi connectivity index (χ4v) is 3.14. The van der Waals surface area contributed by atoms with Crippen molar-refractivity contribution in [1.29, 1.82) is 0 Å². The van der Waals surface area contributed by atoms with Crippen LogP contribution >= 0.6 is 11.3 Å². The largest absolute Gasteiger partial charge is 0.487 e. The summed E-state index contributed by atoms with van der Waals surface area (Å²) >= 11 is 1.24. The van der Waals surface area contributed by atoms with Crippen LogP contribution in [-0.2, 0) is 19.4 Å². The topological polar surface area (TPSA) is 42.4 Å². The molecule has 7 heteroatoms. The Morgan fingerprint density at radius 2 is 1.68 bits per heavy atom. The van der Waals surface area contributed by atoms with E-state index in [9.17, 15) is 18.3 Å². The van der Waals surface area contributed by atoms with Crippen LogP contribution in [0.1, 0.15) is 16.1 Å². The Kier molecular flexibility index (Phi) is 5.06. The molecule has 130 valence electrons. The van der Waals surface area contributed by atoms with Crippen molar-refractivity contribution in [3.8, 4) is 16.3 Å². The molecule has 0 radical (unpaired) electrons. The van der Waals surface area contributed by atoms with Gasteiger partial charge in [-0.05, 0) is 24.3 Å². The van der Waals surface area contributed by atoms with E-state index in [1.54, 1.807) is 0 Å². The minimum absolute atomic E-state index is 0.178. The van der Waals surface area contributed by atoms with Crippen LogP contribution in [0.3, 0.4) is 0 Å². The SMILES string of the molecule is OCc1sc(-c2ccc(C(F)(F)F)cc2)nc1COc1ccccc1. The van der Waals surface area contributed by atoms with E-state index in [4.69, 9.17) is 4.74 Å². The second kappa shape index (κ2) is 7.25. The van der Waals surface area contributed by atoms with E-state index < -0.39 is 11.7 Å². The van der Waals surface area contributed by atoms with Gasteiger partial charge >= 0.3 is 6.18 Å². The Morgan fingerprint density at radius 1 is 1.00 bits per heavy atom. The first-order chi connectivity index (χ1) is 12.0. The van der Waals surface area contributed by atoms with Gasteiger partial charge in [0.25, 0.3) is 0 Å². The molecule has 0 unspecified atom stereocenters. The molecule has 3 aromatic rings. The number of aromatic nitrogens is 1. The van der Waals surface area contributed by atoms with Gasteiger partial charge in [-0.3, -0.25) is 0 Å². The molecule has 0 aliphatic carbocycles. The Bertz CT molecular complexity index is 830. The quantitative estimate of drug-likeness (QED) is 0.699. The van der Waals surface area contributed by atoms with Gasteiger partial charge in [-0.2, -0.15) is 13.2 Å². The van der Waals surface area contributed by atoms with E-state index in [-0.39, 0.29) is 13.2 Å². The smallest absolute Gasteiger partial charge is 0.416 e. The molecule has 0 bridgehead atoms. The number of hydrogen-bond acceptors (Lipinski definition) is 4. The second-order valence-electron chi connectivity index (χ2n) is 5.22. The van der Waals surface area contributed by atoms with Crippen LogP contribution in [0.15, 0.2) is 54.6 Å². The first-order valence-corrected chi connectivity index (χ1v) is 8.24. The molecule has 0 saturated carbocycles. The maximum absolute atomic E-state index is 12.6. The van der Waals surface area contributed by atoms with E-state index in [1.165, 1.54) is 23.5 Å². The molecule has 2 aromatic carbocycles. The van der Waals surface area contributed by atoms with Gasteiger partial charge in [0, 0.05) is 5.56 Å². The van der Waals surface area contributed by atoms with Gasteiger partial charge in [0.15, 0.2) is 0 Å². The summed E-state index contributed by atoms with van der Waals surface area (Å²) in [5.41, 5.74) is 0.438. The number of para-hydroxylation sites is 1. The molecule has 3 rings (SSSR count). The predicted octanol–water partition coefficient (Wildman–Crippen LogP) is 4.90. The molecule has 1 N–H and O–H groups in total. The Labute approximate surface area is 146 Å². The standard InChI is InChI=1S/C18H14F3NO2S/c19-18(20,21)13-8-6-12(7-9-13)17-22-15(16(10-23)25-17)11-24-14-4-2-1-3-5-14/h1-9,23H,10-11H2. The number of hydrogen-bond donors (Lipinski definition) is 1. The first-order valence-electron chi connectivity index (χ1n) is 7.42. The lowest BCUT2D eigenvalue weighted by Crippen LogP contribution is -2.04. The van der Waals surface area contributed by atoms with Crippen molar-refractivity contribution < 1.29 is 23.0 Å². The van der Waals surface area contributed by atoms with Crippen molar-refractivity contribution in [2.24, 2.45) is 0 Å². The highest BCUT2D eigenvalue weighted by atomic mass is 32.1. The number of aliphatic hydroxyl groups is 1. The zero-order valence-corrected chi connectivity index (χ0v) is 13.8. The molecule has 1 heterocycles. The summed E-state index contributed by atoms with van der Waals surface area (Å²) in [5.74, 6) is 0.676. The molecule has 0 aliphatic heterocycles. The van der Waals surface area contributed by atoms with Crippen LogP contribution in [0.25, 0.3) is 10.6 Å². The van der Waals surface area contributed by atoms with Crippen LogP contribution in [0, 0.1) is 0 Å². The molecule has 3 nitrogen and oxygen atoms in total. The second-order valence-corrected chi connectivity index (χ2v) is 6.31. The molecule has 0 amide bonds. The molecule has 0 aliphatic rings. The summed E-state index contributed by atoms with van der Waals surface area (Å²) in [5, 5.41) is 10.0. The molecule has 0 spiro atoms. The Morgan fingerprint density at radius 3 is 2.28 bits per heavy atom. The highest BCUT2D eigenvalue weighted by Crippen LogP contribution is 2.33. The van der Waals surface area contributed by atoms with Gasteiger partial charge in [-0.1, -0.05) is 30.3 Å². The number of nitrogens with zero attached hydrogens (tertiary/aromatic N) is 1. The number of aliphatic hydroxyl groups excluding tert-OH is 1. The monoisotopic (exact) mass is 365 g/mol. The van der Waals surface area contributed by atoms with E-state index in [0.717, 1.165) is 12.1 Å². The van der Waals surface area contributed by atoms with Gasteiger partial charge in [0.2, 0.25) is 0 Å². The third-order valence-electron chi connectivity index (χ3n) is 3.50. The fraction of sp³-hybridized carbons (Fsp3) is 0.167. The fourth-order valence-electron chi connectivity index (χ4n) is 2.21. The summed E-state index contributed by atoms with van der Waals surface area (Å²) in [7, 11) is 0. The van der Waals surface area contributed by atoms with Crippen molar-refractivity contribution in [3.63, 3.8) is 0 Å². The third-order valence-corrected chi connectivity index (χ3v) is 4.63. The van der Waals surface area contributed by atoms with Gasteiger partial charge in [-0.25, -0.2) is 4.98 Å². The maximum atomic E-state index is 12.6. The molecule has 0 atom stereocenters. The summed E-state index contributed by atoms with van der Waals surface area (Å²) in [6, 6.07) is 14.0. The predicted molar refractivity (Wildman–Crippen MR) is 89.2 cm³/mol. The summed E-state index contributed by atoms with van der Waals surface area (Å²) in [6.07, 6.45) is -4.37. The van der Waals surface area contributed by atoms with E-state index in [2.05, 4.69) is 4.98 Å². The number of halogens is 3. The lowest BCUT2D eigenvalue weighted by atomic mass is 10.1. The maximum Gasteiger partial charge on any atom is 0.416 e. The lowest BCUT2D eigenvalue weighted by Gasteiger charge is -2.06. The zero-order chi connectivity index (χ0) is 17.9. The summed E-state index contributed by atoms with van der Waals surface area (Å²) in [6.45, 7) is -0.0250. The van der Waals surface area contributed by atoms with Crippen LogP contribution in [0.2, 0.25) is 0 Å². The van der Waals surface area contributed by atoms with E-state index >= 15 is 0 Å². The molecule has 0 fully saturated rings. The van der Waals surface area contributed by atoms with Gasteiger partial charge in [0.05, 0.1) is 22.7 Å². The number of rotatable bonds is 5. The van der Waals surface area contributed by atoms with Crippen molar-refractivity contribution in [3.05, 3.63) is 70.7 Å². The molecular formula is C18H14F3NO2S. The minimum Gasteiger partial charge on any atom is -0.487 e. The van der Waals surface area contributed by atoms with Gasteiger partial charge in [0.1, 0.15) is 17.4 Å². The molecule has 25 heavy (non-hydrogen) atoms. The number of benzene rings is 2. The Balaban J connectivity index is 1.80. The Hall–Kier alpha value is -2.38. The van der Waals surface area contributed by atoms with Crippen LogP contribution in [0.4, 0.5) is 13.2 Å². The number of alkyl halides is 3. The van der Waals surface area contributed by atoms with Crippen molar-refractivity contribution in [1.82, 2.24) is 4.98 Å². The van der Waals surface area contributed by atoms with Crippen LogP contribution in [0.5, 0.6) is 5.75 Å². The van der Waals surface area contributed by atoms with Crippen LogP contribution in [-0.4, -0.2) is 10.1 Å². The lowest BCUT2D eigenvalue weighted by molar-refractivity contribution is -0.137. The van der Waals surface area contributed by atoms with Gasteiger partial charge < -0.3 is 9.84 Å². The first kappa shape index (κ1) is 17.4. The average molecular weight is 365 g/mol. The molecule has 0 saturated heterocycles. The molecule has 1 aromatic heterocycles. The highest BCUT2D eigenvalue weighted by molar-refractivity contribution is 7.15. The number of ether oxygens (including phenoxy) is 1. The highest BCUT2D eigenvalue weighted by Gasteiger charge is 2.30. The summed E-state index contributed by atoms with van der Waals surface area (Å²) < 4.78 is 43.6. The summed E-state index contributed by atoms with van der Waals surface area (Å²) in [4.78, 5) is 5.04. The normalized spacial score (nSPS) is 11.5. The zero-order valence-electron chi connectivity index (χ0n) is 13.0. The third kappa shape index (κ3) is 4.18. The average Bonchev–Trinajstić information content (AvgIpc) is 3.03. The van der Waals surface area contributed by atoms with Crippen molar-refractivity contribution in [2.75, 3.05) is 0 Å².